The second-order valence-electron chi connectivity index (χ2n) is 5.58. The van der Waals surface area contributed by atoms with Crippen molar-refractivity contribution in [3.05, 3.63) is 53.6 Å². The van der Waals surface area contributed by atoms with E-state index in [0.29, 0.717) is 11.8 Å². The maximum absolute atomic E-state index is 8.93. The van der Waals surface area contributed by atoms with E-state index in [1.54, 1.807) is 6.08 Å². The van der Waals surface area contributed by atoms with Crippen molar-refractivity contribution in [2.45, 2.75) is 39.5 Å². The Bertz CT molecular complexity index is 562. The van der Waals surface area contributed by atoms with Crippen molar-refractivity contribution in [3.8, 4) is 6.07 Å². The Morgan fingerprint density at radius 2 is 1.75 bits per heavy atom. The van der Waals surface area contributed by atoms with Crippen molar-refractivity contribution < 1.29 is 0 Å². The maximum atomic E-state index is 8.93. The lowest BCUT2D eigenvalue weighted by Crippen LogP contribution is -2.20. The predicted molar refractivity (Wildman–Crippen MR) is 83.1 cm³/mol. The monoisotopic (exact) mass is 267 g/mol. The number of anilines is 1. The fourth-order valence-electron chi connectivity index (χ4n) is 2.50. The summed E-state index contributed by atoms with van der Waals surface area (Å²) in [6.45, 7) is 8.79. The van der Waals surface area contributed by atoms with Crippen LogP contribution in [0.4, 0.5) is 5.69 Å². The van der Waals surface area contributed by atoms with Gasteiger partial charge in [-0.2, -0.15) is 5.26 Å². The third-order valence-corrected chi connectivity index (χ3v) is 3.50. The molecule has 0 unspecified atom stereocenters. The number of hydrogen-bond acceptors (Lipinski definition) is 3. The number of hydrogen-bond donors (Lipinski definition) is 1. The molecule has 0 aliphatic carbocycles. The molecule has 2 rings (SSSR count). The average molecular weight is 267 g/mol. The van der Waals surface area contributed by atoms with E-state index in [1.165, 1.54) is 16.8 Å². The smallest absolute Gasteiger partial charge is 0.125 e. The molecule has 0 atom stereocenters. The quantitative estimate of drug-likeness (QED) is 0.835. The van der Waals surface area contributed by atoms with Gasteiger partial charge in [-0.15, -0.1) is 0 Å². The molecule has 1 N–H and O–H groups in total. The predicted octanol–water partition coefficient (Wildman–Crippen LogP) is 4.18. The molecule has 0 spiro atoms. The van der Waals surface area contributed by atoms with Gasteiger partial charge in [0.2, 0.25) is 0 Å². The summed E-state index contributed by atoms with van der Waals surface area (Å²) in [6, 6.07) is 8.56. The molecule has 3 nitrogen and oxygen atoms in total. The molecule has 0 radical (unpaired) electrons. The maximum Gasteiger partial charge on any atom is 0.125 e. The van der Waals surface area contributed by atoms with Gasteiger partial charge in [0.1, 0.15) is 5.82 Å². The zero-order valence-electron chi connectivity index (χ0n) is 12.5. The summed E-state index contributed by atoms with van der Waals surface area (Å²) in [5, 5.41) is 12.0. The molecule has 0 bridgehead atoms. The summed E-state index contributed by atoms with van der Waals surface area (Å²) in [6.07, 6.45) is 5.39. The molecule has 1 aliphatic heterocycles. The van der Waals surface area contributed by atoms with E-state index in [0.717, 1.165) is 5.82 Å². The standard InChI is InChI=1S/C17H21N3/c1-12(2)14-6-5-7-15(13(3)4)17(14)20-11-10-19-16(20)8-9-18/h5-8,10-13,19H,1-4H3/b16-8+. The highest BCUT2D eigenvalue weighted by molar-refractivity contribution is 5.68. The van der Waals surface area contributed by atoms with E-state index in [1.807, 2.05) is 12.4 Å². The van der Waals surface area contributed by atoms with Gasteiger partial charge in [0, 0.05) is 12.4 Å². The largest absolute Gasteiger partial charge is 0.346 e. The van der Waals surface area contributed by atoms with Crippen LogP contribution in [0.1, 0.15) is 50.7 Å². The van der Waals surface area contributed by atoms with E-state index >= 15 is 0 Å². The first-order chi connectivity index (χ1) is 9.56. The Hall–Kier alpha value is -2.21. The third-order valence-electron chi connectivity index (χ3n) is 3.50. The topological polar surface area (TPSA) is 39.1 Å². The molecule has 0 saturated heterocycles. The normalized spacial score (nSPS) is 16.1. The lowest BCUT2D eigenvalue weighted by atomic mass is 9.92. The minimum Gasteiger partial charge on any atom is -0.346 e. The molecular formula is C17H21N3. The fraction of sp³-hybridized carbons (Fsp3) is 0.353. The molecule has 3 heteroatoms. The van der Waals surface area contributed by atoms with Gasteiger partial charge in [-0.25, -0.2) is 0 Å². The summed E-state index contributed by atoms with van der Waals surface area (Å²) >= 11 is 0. The molecule has 0 aromatic heterocycles. The molecular weight excluding hydrogens is 246 g/mol. The summed E-state index contributed by atoms with van der Waals surface area (Å²) in [4.78, 5) is 2.08. The highest BCUT2D eigenvalue weighted by Gasteiger charge is 2.22. The first-order valence-corrected chi connectivity index (χ1v) is 7.01. The van der Waals surface area contributed by atoms with Crippen LogP contribution in [0.3, 0.4) is 0 Å². The van der Waals surface area contributed by atoms with E-state index in [9.17, 15) is 0 Å². The molecule has 1 aromatic rings. The number of para-hydroxylation sites is 1. The second kappa shape index (κ2) is 5.83. The summed E-state index contributed by atoms with van der Waals surface area (Å²) < 4.78 is 0. The average Bonchev–Trinajstić information content (AvgIpc) is 2.86. The number of nitrogens with zero attached hydrogens (tertiary/aromatic N) is 2. The zero-order valence-corrected chi connectivity index (χ0v) is 12.5. The number of allylic oxidation sites excluding steroid dienone is 1. The van der Waals surface area contributed by atoms with Gasteiger partial charge >= 0.3 is 0 Å². The number of nitrogens with one attached hydrogen (secondary N) is 1. The molecule has 1 aromatic carbocycles. The van der Waals surface area contributed by atoms with Gasteiger partial charge in [0.05, 0.1) is 17.8 Å². The molecule has 0 amide bonds. The van der Waals surface area contributed by atoms with E-state index in [4.69, 9.17) is 5.26 Å². The number of rotatable bonds is 3. The third kappa shape index (κ3) is 2.55. The fourth-order valence-corrected chi connectivity index (χ4v) is 2.50. The van der Waals surface area contributed by atoms with Gasteiger partial charge in [-0.3, -0.25) is 0 Å². The Balaban J connectivity index is 2.62. The molecule has 0 saturated carbocycles. The molecule has 104 valence electrons. The van der Waals surface area contributed by atoms with Crippen molar-refractivity contribution >= 4 is 5.69 Å². The van der Waals surface area contributed by atoms with Crippen LogP contribution in [0.25, 0.3) is 0 Å². The minimum atomic E-state index is 0.432. The number of benzene rings is 1. The Labute approximate surface area is 121 Å². The lowest BCUT2D eigenvalue weighted by molar-refractivity contribution is 0.825. The van der Waals surface area contributed by atoms with E-state index < -0.39 is 0 Å². The van der Waals surface area contributed by atoms with Crippen LogP contribution in [0.5, 0.6) is 0 Å². The molecule has 20 heavy (non-hydrogen) atoms. The summed E-state index contributed by atoms with van der Waals surface area (Å²) in [7, 11) is 0. The van der Waals surface area contributed by atoms with Crippen LogP contribution in [0.15, 0.2) is 42.5 Å². The van der Waals surface area contributed by atoms with Gasteiger partial charge in [-0.1, -0.05) is 45.9 Å². The van der Waals surface area contributed by atoms with Crippen molar-refractivity contribution in [1.29, 1.82) is 5.26 Å². The van der Waals surface area contributed by atoms with E-state index in [-0.39, 0.29) is 0 Å². The Kier molecular flexibility index (Phi) is 4.14. The van der Waals surface area contributed by atoms with Gasteiger partial charge in [0.25, 0.3) is 0 Å². The zero-order chi connectivity index (χ0) is 14.7. The van der Waals surface area contributed by atoms with Crippen LogP contribution in [0.2, 0.25) is 0 Å². The van der Waals surface area contributed by atoms with Crippen LogP contribution in [-0.4, -0.2) is 0 Å². The first kappa shape index (κ1) is 14.2. The van der Waals surface area contributed by atoms with Crippen molar-refractivity contribution in [2.24, 2.45) is 0 Å². The van der Waals surface area contributed by atoms with E-state index in [2.05, 4.69) is 62.2 Å². The molecule has 1 heterocycles. The van der Waals surface area contributed by atoms with Crippen molar-refractivity contribution in [1.82, 2.24) is 5.32 Å². The highest BCUT2D eigenvalue weighted by atomic mass is 15.3. The van der Waals surface area contributed by atoms with Crippen LogP contribution in [-0.2, 0) is 0 Å². The Morgan fingerprint density at radius 3 is 2.25 bits per heavy atom. The first-order valence-electron chi connectivity index (χ1n) is 7.01. The minimum absolute atomic E-state index is 0.432. The Morgan fingerprint density at radius 1 is 1.15 bits per heavy atom. The van der Waals surface area contributed by atoms with Gasteiger partial charge in [0.15, 0.2) is 0 Å². The van der Waals surface area contributed by atoms with Gasteiger partial charge in [-0.05, 0) is 23.0 Å². The summed E-state index contributed by atoms with van der Waals surface area (Å²) in [5.41, 5.74) is 3.79. The van der Waals surface area contributed by atoms with Crippen molar-refractivity contribution in [3.63, 3.8) is 0 Å². The second-order valence-corrected chi connectivity index (χ2v) is 5.58. The van der Waals surface area contributed by atoms with Crippen LogP contribution < -0.4 is 10.2 Å². The highest BCUT2D eigenvalue weighted by Crippen LogP contribution is 2.37. The number of nitriles is 1. The lowest BCUT2D eigenvalue weighted by Gasteiger charge is -2.27. The van der Waals surface area contributed by atoms with Crippen LogP contribution in [0, 0.1) is 11.3 Å². The molecule has 0 fully saturated rings. The molecule has 1 aliphatic rings. The van der Waals surface area contributed by atoms with Crippen LogP contribution >= 0.6 is 0 Å². The van der Waals surface area contributed by atoms with Gasteiger partial charge < -0.3 is 10.2 Å². The van der Waals surface area contributed by atoms with Crippen molar-refractivity contribution in [2.75, 3.05) is 4.90 Å². The summed E-state index contributed by atoms with van der Waals surface area (Å²) in [5.74, 6) is 1.67. The SMILES string of the molecule is CC(C)c1cccc(C(C)C)c1N1C=CN/C1=C\C#N.